The molecule has 0 aromatic carbocycles. The molecule has 6 nitrogen and oxygen atoms in total. The minimum Gasteiger partial charge on any atom is -0.379 e. The highest BCUT2D eigenvalue weighted by atomic mass is 16.5. The van der Waals surface area contributed by atoms with Crippen LogP contribution < -0.4 is 16.0 Å². The van der Waals surface area contributed by atoms with Crippen molar-refractivity contribution >= 4 is 11.9 Å². The standard InChI is InChI=1S/C18H34N4O2/c1-13(2)21-17(23)15-5-4-6-16(11-15)22-18(19-3)20-9-10-24-12-14-7-8-14/h13-16H,4-12H2,1-3H3,(H,21,23)(H2,19,20,22). The smallest absolute Gasteiger partial charge is 0.223 e. The molecule has 0 aliphatic heterocycles. The molecule has 2 aliphatic carbocycles. The predicted molar refractivity (Wildman–Crippen MR) is 97.1 cm³/mol. The molecule has 24 heavy (non-hydrogen) atoms. The van der Waals surface area contributed by atoms with Gasteiger partial charge in [0.1, 0.15) is 0 Å². The Morgan fingerprint density at radius 1 is 1.25 bits per heavy atom. The molecule has 0 radical (unpaired) electrons. The second-order valence-electron chi connectivity index (χ2n) is 7.39. The van der Waals surface area contributed by atoms with E-state index in [0.717, 1.165) is 50.7 Å². The van der Waals surface area contributed by atoms with Crippen molar-refractivity contribution in [3.8, 4) is 0 Å². The first kappa shape index (κ1) is 19.0. The summed E-state index contributed by atoms with van der Waals surface area (Å²) >= 11 is 0. The van der Waals surface area contributed by atoms with E-state index < -0.39 is 0 Å². The number of carbonyl (C=O) groups excluding carboxylic acids is 1. The molecule has 0 bridgehead atoms. The molecule has 6 heteroatoms. The number of hydrogen-bond acceptors (Lipinski definition) is 3. The molecule has 0 aromatic heterocycles. The predicted octanol–water partition coefficient (Wildman–Crippen LogP) is 1.66. The zero-order valence-corrected chi connectivity index (χ0v) is 15.4. The zero-order chi connectivity index (χ0) is 17.4. The summed E-state index contributed by atoms with van der Waals surface area (Å²) in [6, 6.07) is 0.510. The van der Waals surface area contributed by atoms with E-state index in [0.29, 0.717) is 12.6 Å². The lowest BCUT2D eigenvalue weighted by atomic mass is 9.85. The number of aliphatic imine (C=N–C) groups is 1. The third-order valence-electron chi connectivity index (χ3n) is 4.63. The quantitative estimate of drug-likeness (QED) is 0.357. The Hall–Kier alpha value is -1.30. The highest BCUT2D eigenvalue weighted by Gasteiger charge is 2.28. The topological polar surface area (TPSA) is 74.8 Å². The van der Waals surface area contributed by atoms with Crippen molar-refractivity contribution in [2.75, 3.05) is 26.8 Å². The fourth-order valence-corrected chi connectivity index (χ4v) is 3.13. The lowest BCUT2D eigenvalue weighted by molar-refractivity contribution is -0.126. The van der Waals surface area contributed by atoms with Crippen LogP contribution in [0.1, 0.15) is 52.4 Å². The number of rotatable bonds is 8. The Morgan fingerprint density at radius 3 is 2.71 bits per heavy atom. The van der Waals surface area contributed by atoms with Gasteiger partial charge in [0.05, 0.1) is 6.61 Å². The van der Waals surface area contributed by atoms with Crippen LogP contribution in [0.5, 0.6) is 0 Å². The number of nitrogens with one attached hydrogen (secondary N) is 3. The Bertz CT molecular complexity index is 421. The van der Waals surface area contributed by atoms with Gasteiger partial charge in [-0.3, -0.25) is 9.79 Å². The van der Waals surface area contributed by atoms with E-state index in [2.05, 4.69) is 20.9 Å². The van der Waals surface area contributed by atoms with Gasteiger partial charge in [-0.1, -0.05) is 6.42 Å². The zero-order valence-electron chi connectivity index (χ0n) is 15.4. The van der Waals surface area contributed by atoms with E-state index in [-0.39, 0.29) is 17.9 Å². The summed E-state index contributed by atoms with van der Waals surface area (Å²) in [6.07, 6.45) is 6.67. The highest BCUT2D eigenvalue weighted by molar-refractivity contribution is 5.81. The molecule has 2 saturated carbocycles. The molecule has 2 aliphatic rings. The van der Waals surface area contributed by atoms with Crippen LogP contribution in [0, 0.1) is 11.8 Å². The van der Waals surface area contributed by atoms with Gasteiger partial charge in [0.25, 0.3) is 0 Å². The summed E-state index contributed by atoms with van der Waals surface area (Å²) in [6.45, 7) is 6.38. The first-order valence-electron chi connectivity index (χ1n) is 9.43. The van der Waals surface area contributed by atoms with Crippen molar-refractivity contribution < 1.29 is 9.53 Å². The second kappa shape index (κ2) is 9.87. The van der Waals surface area contributed by atoms with Gasteiger partial charge in [-0.25, -0.2) is 0 Å². The van der Waals surface area contributed by atoms with Gasteiger partial charge >= 0.3 is 0 Å². The summed E-state index contributed by atoms with van der Waals surface area (Å²) in [4.78, 5) is 16.5. The number of hydrogen-bond donors (Lipinski definition) is 3. The van der Waals surface area contributed by atoms with Crippen LogP contribution in [-0.4, -0.2) is 50.8 Å². The van der Waals surface area contributed by atoms with Crippen molar-refractivity contribution in [2.24, 2.45) is 16.8 Å². The molecule has 138 valence electrons. The van der Waals surface area contributed by atoms with Gasteiger partial charge in [0, 0.05) is 38.2 Å². The maximum Gasteiger partial charge on any atom is 0.223 e. The summed E-state index contributed by atoms with van der Waals surface area (Å²) in [5.41, 5.74) is 0. The van der Waals surface area contributed by atoms with E-state index in [1.165, 1.54) is 12.8 Å². The van der Waals surface area contributed by atoms with E-state index in [9.17, 15) is 4.79 Å². The Labute approximate surface area is 146 Å². The maximum absolute atomic E-state index is 12.2. The summed E-state index contributed by atoms with van der Waals surface area (Å²) in [5.74, 6) is 1.91. The summed E-state index contributed by atoms with van der Waals surface area (Å²) < 4.78 is 5.63. The fraction of sp³-hybridized carbons (Fsp3) is 0.889. The van der Waals surface area contributed by atoms with Crippen molar-refractivity contribution in [2.45, 2.75) is 64.5 Å². The van der Waals surface area contributed by atoms with E-state index in [4.69, 9.17) is 4.74 Å². The average Bonchev–Trinajstić information content (AvgIpc) is 3.37. The molecule has 1 amide bonds. The SMILES string of the molecule is CN=C(NCCOCC1CC1)NC1CCCC(C(=O)NC(C)C)C1. The van der Waals surface area contributed by atoms with Crippen LogP contribution in [0.2, 0.25) is 0 Å². The first-order chi connectivity index (χ1) is 11.6. The van der Waals surface area contributed by atoms with Crippen molar-refractivity contribution in [1.82, 2.24) is 16.0 Å². The molecule has 2 atom stereocenters. The molecule has 2 fully saturated rings. The minimum absolute atomic E-state index is 0.110. The fourth-order valence-electron chi connectivity index (χ4n) is 3.13. The Morgan fingerprint density at radius 2 is 2.04 bits per heavy atom. The first-order valence-corrected chi connectivity index (χ1v) is 9.43. The molecule has 3 N–H and O–H groups in total. The van der Waals surface area contributed by atoms with Crippen LogP contribution in [0.25, 0.3) is 0 Å². The third kappa shape index (κ3) is 7.07. The highest BCUT2D eigenvalue weighted by Crippen LogP contribution is 2.28. The third-order valence-corrected chi connectivity index (χ3v) is 4.63. The molecule has 0 heterocycles. The maximum atomic E-state index is 12.2. The monoisotopic (exact) mass is 338 g/mol. The van der Waals surface area contributed by atoms with Crippen molar-refractivity contribution in [1.29, 1.82) is 0 Å². The Balaban J connectivity index is 1.66. The van der Waals surface area contributed by atoms with E-state index in [1.807, 2.05) is 13.8 Å². The number of amides is 1. The Kier molecular flexibility index (Phi) is 7.82. The van der Waals surface area contributed by atoms with Gasteiger partial charge in [0.2, 0.25) is 5.91 Å². The minimum atomic E-state index is 0.110. The van der Waals surface area contributed by atoms with Crippen LogP contribution in [0.4, 0.5) is 0 Å². The van der Waals surface area contributed by atoms with Gasteiger partial charge in [-0.15, -0.1) is 0 Å². The summed E-state index contributed by atoms with van der Waals surface area (Å²) in [7, 11) is 1.78. The van der Waals surface area contributed by atoms with Crippen LogP contribution in [0.15, 0.2) is 4.99 Å². The molecule has 2 unspecified atom stereocenters. The van der Waals surface area contributed by atoms with Crippen LogP contribution in [-0.2, 0) is 9.53 Å². The van der Waals surface area contributed by atoms with Crippen LogP contribution in [0.3, 0.4) is 0 Å². The second-order valence-corrected chi connectivity index (χ2v) is 7.39. The van der Waals surface area contributed by atoms with Crippen molar-refractivity contribution in [3.05, 3.63) is 0 Å². The number of nitrogens with zero attached hydrogens (tertiary/aromatic N) is 1. The van der Waals surface area contributed by atoms with Gasteiger partial charge in [-0.05, 0) is 51.9 Å². The van der Waals surface area contributed by atoms with E-state index in [1.54, 1.807) is 7.05 Å². The lowest BCUT2D eigenvalue weighted by Crippen LogP contribution is -2.48. The van der Waals surface area contributed by atoms with Gasteiger partial charge in [-0.2, -0.15) is 0 Å². The molecule has 0 spiro atoms. The average molecular weight is 338 g/mol. The molecular formula is C18H34N4O2. The normalized spacial score (nSPS) is 24.8. The molecule has 0 saturated heterocycles. The lowest BCUT2D eigenvalue weighted by Gasteiger charge is -2.30. The number of ether oxygens (including phenoxy) is 1. The number of carbonyl (C=O) groups is 1. The van der Waals surface area contributed by atoms with Gasteiger partial charge in [0.15, 0.2) is 5.96 Å². The van der Waals surface area contributed by atoms with Crippen LogP contribution >= 0.6 is 0 Å². The largest absolute Gasteiger partial charge is 0.379 e. The molecule has 2 rings (SSSR count). The van der Waals surface area contributed by atoms with Gasteiger partial charge < -0.3 is 20.7 Å². The molecule has 0 aromatic rings. The number of guanidine groups is 1. The molecular weight excluding hydrogens is 304 g/mol. The van der Waals surface area contributed by atoms with Crippen molar-refractivity contribution in [3.63, 3.8) is 0 Å². The summed E-state index contributed by atoms with van der Waals surface area (Å²) in [5, 5.41) is 9.79. The van der Waals surface area contributed by atoms with E-state index >= 15 is 0 Å².